The van der Waals surface area contributed by atoms with Crippen LogP contribution >= 0.6 is 0 Å². The zero-order chi connectivity index (χ0) is 10.7. The van der Waals surface area contributed by atoms with E-state index in [1.54, 1.807) is 0 Å². The van der Waals surface area contributed by atoms with Crippen molar-refractivity contribution in [3.05, 3.63) is 29.6 Å². The molecule has 0 fully saturated rings. The van der Waals surface area contributed by atoms with E-state index >= 15 is 0 Å². The Morgan fingerprint density at radius 1 is 1.57 bits per heavy atom. The smallest absolute Gasteiger partial charge is 0.305 e. The van der Waals surface area contributed by atoms with Crippen LogP contribution in [0.5, 0.6) is 5.75 Å². The summed E-state index contributed by atoms with van der Waals surface area (Å²) in [7, 11) is 0. The molecule has 4 nitrogen and oxygen atoms in total. The molecule has 0 spiro atoms. The zero-order valence-corrected chi connectivity index (χ0v) is 7.27. The summed E-state index contributed by atoms with van der Waals surface area (Å²) in [6.45, 7) is 0. The number of nitrogens with two attached hydrogens (primary N) is 1. The third-order valence-corrected chi connectivity index (χ3v) is 1.79. The van der Waals surface area contributed by atoms with Crippen molar-refractivity contribution in [2.24, 2.45) is 5.73 Å². The van der Waals surface area contributed by atoms with Crippen molar-refractivity contribution in [1.29, 1.82) is 0 Å². The van der Waals surface area contributed by atoms with Gasteiger partial charge in [-0.25, -0.2) is 4.39 Å². The highest BCUT2D eigenvalue weighted by Gasteiger charge is 2.12. The van der Waals surface area contributed by atoms with E-state index in [9.17, 15) is 9.18 Å². The molecule has 1 aromatic rings. The summed E-state index contributed by atoms with van der Waals surface area (Å²) < 4.78 is 12.6. The van der Waals surface area contributed by atoms with Crippen LogP contribution in [-0.4, -0.2) is 16.2 Å². The summed E-state index contributed by atoms with van der Waals surface area (Å²) in [5.74, 6) is -2.32. The molecule has 14 heavy (non-hydrogen) atoms. The first kappa shape index (κ1) is 10.5. The average molecular weight is 199 g/mol. The number of halogens is 1. The van der Waals surface area contributed by atoms with Gasteiger partial charge in [0.2, 0.25) is 0 Å². The Balaban J connectivity index is 2.85. The number of carboxylic acids is 1. The number of aromatic hydroxyl groups is 1. The largest absolute Gasteiger partial charge is 0.505 e. The first-order valence-corrected chi connectivity index (χ1v) is 3.96. The summed E-state index contributed by atoms with van der Waals surface area (Å²) in [5, 5.41) is 17.5. The zero-order valence-electron chi connectivity index (χ0n) is 7.27. The van der Waals surface area contributed by atoms with Gasteiger partial charge in [-0.1, -0.05) is 6.07 Å². The van der Waals surface area contributed by atoms with Crippen molar-refractivity contribution in [2.45, 2.75) is 12.5 Å². The van der Waals surface area contributed by atoms with Crippen LogP contribution in [0.4, 0.5) is 4.39 Å². The number of phenols is 1. The molecule has 0 saturated carbocycles. The Kier molecular flexibility index (Phi) is 3.03. The molecule has 0 aliphatic carbocycles. The van der Waals surface area contributed by atoms with Crippen molar-refractivity contribution in [3.63, 3.8) is 0 Å². The molecule has 1 atom stereocenters. The summed E-state index contributed by atoms with van der Waals surface area (Å²) in [6, 6.07) is 2.79. The second kappa shape index (κ2) is 4.06. The molecule has 0 amide bonds. The third kappa shape index (κ3) is 2.43. The normalized spacial score (nSPS) is 12.4. The number of hydrogen-bond acceptors (Lipinski definition) is 3. The Morgan fingerprint density at radius 2 is 2.21 bits per heavy atom. The molecule has 76 valence electrons. The number of carbonyl (C=O) groups is 1. The van der Waals surface area contributed by atoms with Gasteiger partial charge in [-0.05, 0) is 17.7 Å². The van der Waals surface area contributed by atoms with Crippen LogP contribution in [0, 0.1) is 5.82 Å². The number of benzene rings is 1. The number of hydrogen-bond donors (Lipinski definition) is 3. The first-order chi connectivity index (χ1) is 6.50. The Hall–Kier alpha value is -1.62. The maximum absolute atomic E-state index is 12.6. The monoisotopic (exact) mass is 199 g/mol. The van der Waals surface area contributed by atoms with E-state index in [0.29, 0.717) is 5.56 Å². The van der Waals surface area contributed by atoms with Gasteiger partial charge in [0, 0.05) is 6.04 Å². The highest BCUT2D eigenvalue weighted by atomic mass is 19.1. The summed E-state index contributed by atoms with van der Waals surface area (Å²) >= 11 is 0. The van der Waals surface area contributed by atoms with Gasteiger partial charge < -0.3 is 15.9 Å². The lowest BCUT2D eigenvalue weighted by Gasteiger charge is -2.09. The number of phenolic OH excluding ortho intramolecular Hbond substituents is 1. The minimum absolute atomic E-state index is 0.259. The van der Waals surface area contributed by atoms with Gasteiger partial charge in [0.15, 0.2) is 11.6 Å². The molecule has 0 aliphatic heterocycles. The lowest BCUT2D eigenvalue weighted by molar-refractivity contribution is -0.137. The molecule has 0 aromatic heterocycles. The molecule has 0 saturated heterocycles. The summed E-state index contributed by atoms with van der Waals surface area (Å²) in [6.07, 6.45) is -0.259. The molecule has 0 aliphatic rings. The van der Waals surface area contributed by atoms with Crippen LogP contribution in [-0.2, 0) is 4.79 Å². The second-order valence-corrected chi connectivity index (χ2v) is 2.92. The van der Waals surface area contributed by atoms with Crippen molar-refractivity contribution in [3.8, 4) is 5.75 Å². The lowest BCUT2D eigenvalue weighted by atomic mass is 10.0. The topological polar surface area (TPSA) is 83.6 Å². The average Bonchev–Trinajstić information content (AvgIpc) is 2.08. The molecular formula is C9H10FNO3. The predicted octanol–water partition coefficient (Wildman–Crippen LogP) is 1.01. The van der Waals surface area contributed by atoms with Crippen LogP contribution in [0.3, 0.4) is 0 Å². The molecule has 0 heterocycles. The van der Waals surface area contributed by atoms with Crippen LogP contribution in [0.15, 0.2) is 18.2 Å². The Labute approximate surface area is 79.8 Å². The fourth-order valence-electron chi connectivity index (χ4n) is 1.07. The van der Waals surface area contributed by atoms with E-state index in [4.69, 9.17) is 15.9 Å². The first-order valence-electron chi connectivity index (χ1n) is 3.96. The fraction of sp³-hybridized carbons (Fsp3) is 0.222. The van der Waals surface area contributed by atoms with Gasteiger partial charge >= 0.3 is 5.97 Å². The van der Waals surface area contributed by atoms with Crippen LogP contribution in [0.1, 0.15) is 18.0 Å². The van der Waals surface area contributed by atoms with Crippen LogP contribution < -0.4 is 5.73 Å². The minimum atomic E-state index is -1.04. The highest BCUT2D eigenvalue weighted by molar-refractivity contribution is 5.67. The van der Waals surface area contributed by atoms with E-state index in [-0.39, 0.29) is 6.42 Å². The molecule has 0 radical (unpaired) electrons. The maximum Gasteiger partial charge on any atom is 0.305 e. The molecule has 0 bridgehead atoms. The molecular weight excluding hydrogens is 189 g/mol. The summed E-state index contributed by atoms with van der Waals surface area (Å²) in [5.41, 5.74) is 5.90. The predicted molar refractivity (Wildman–Crippen MR) is 47.2 cm³/mol. The van der Waals surface area contributed by atoms with Crippen LogP contribution in [0.25, 0.3) is 0 Å². The van der Waals surface area contributed by atoms with E-state index in [0.717, 1.165) is 12.1 Å². The molecule has 0 unspecified atom stereocenters. The lowest BCUT2D eigenvalue weighted by Crippen LogP contribution is -2.14. The molecule has 5 heteroatoms. The maximum atomic E-state index is 12.6. The molecule has 1 rings (SSSR count). The Bertz CT molecular complexity index is 354. The van der Waals surface area contributed by atoms with Crippen molar-refractivity contribution < 1.29 is 19.4 Å². The quantitative estimate of drug-likeness (QED) is 0.678. The third-order valence-electron chi connectivity index (χ3n) is 1.79. The van der Waals surface area contributed by atoms with Crippen molar-refractivity contribution in [2.75, 3.05) is 0 Å². The van der Waals surface area contributed by atoms with Gasteiger partial charge in [0.1, 0.15) is 0 Å². The molecule has 4 N–H and O–H groups in total. The van der Waals surface area contributed by atoms with Gasteiger partial charge in [0.05, 0.1) is 6.42 Å². The van der Waals surface area contributed by atoms with Gasteiger partial charge in [-0.2, -0.15) is 0 Å². The number of rotatable bonds is 3. The molecule has 1 aromatic carbocycles. The van der Waals surface area contributed by atoms with E-state index in [1.807, 2.05) is 0 Å². The fourth-order valence-corrected chi connectivity index (χ4v) is 1.07. The number of aliphatic carboxylic acids is 1. The van der Waals surface area contributed by atoms with Gasteiger partial charge in [0.25, 0.3) is 0 Å². The van der Waals surface area contributed by atoms with Gasteiger partial charge in [-0.15, -0.1) is 0 Å². The van der Waals surface area contributed by atoms with E-state index in [2.05, 4.69) is 0 Å². The van der Waals surface area contributed by atoms with Crippen molar-refractivity contribution in [1.82, 2.24) is 0 Å². The SMILES string of the molecule is N[C@H](CC(=O)O)c1ccc(F)c(O)c1. The minimum Gasteiger partial charge on any atom is -0.505 e. The number of carboxylic acid groups (broad SMARTS) is 1. The highest BCUT2D eigenvalue weighted by Crippen LogP contribution is 2.21. The van der Waals surface area contributed by atoms with Crippen molar-refractivity contribution >= 4 is 5.97 Å². The summed E-state index contributed by atoms with van der Waals surface area (Å²) in [4.78, 5) is 10.3. The van der Waals surface area contributed by atoms with Gasteiger partial charge in [-0.3, -0.25) is 4.79 Å². The Morgan fingerprint density at radius 3 is 2.71 bits per heavy atom. The van der Waals surface area contributed by atoms with Crippen LogP contribution in [0.2, 0.25) is 0 Å². The van der Waals surface area contributed by atoms with E-state index in [1.165, 1.54) is 6.07 Å². The van der Waals surface area contributed by atoms with E-state index < -0.39 is 23.6 Å². The standard InChI is InChI=1S/C9H10FNO3/c10-6-2-1-5(3-8(6)12)7(11)4-9(13)14/h1-3,7,12H,4,11H2,(H,13,14)/t7-/m1/s1. The second-order valence-electron chi connectivity index (χ2n) is 2.92.